The summed E-state index contributed by atoms with van der Waals surface area (Å²) in [7, 11) is -3.91. The van der Waals surface area contributed by atoms with Crippen LogP contribution in [0.3, 0.4) is 0 Å². The van der Waals surface area contributed by atoms with Gasteiger partial charge in [-0.3, -0.25) is 14.2 Å². The molecule has 5 N–H and O–H groups in total. The van der Waals surface area contributed by atoms with Crippen molar-refractivity contribution in [3.8, 4) is 0 Å². The molecule has 28 heavy (non-hydrogen) atoms. The highest BCUT2D eigenvalue weighted by Gasteiger charge is 2.38. The van der Waals surface area contributed by atoms with E-state index in [1.54, 1.807) is 13.8 Å². The normalized spacial score (nSPS) is 15.6. The van der Waals surface area contributed by atoms with E-state index in [0.29, 0.717) is 32.2 Å². The Hall–Kier alpha value is -1.69. The minimum Gasteiger partial charge on any atom is -0.481 e. The van der Waals surface area contributed by atoms with Gasteiger partial charge >= 0.3 is 5.97 Å². The van der Waals surface area contributed by atoms with Gasteiger partial charge in [-0.15, -0.1) is 0 Å². The van der Waals surface area contributed by atoms with E-state index >= 15 is 0 Å². The Labute approximate surface area is 167 Å². The third-order valence-corrected chi connectivity index (χ3v) is 7.26. The molecule has 2 unspecified atom stereocenters. The van der Waals surface area contributed by atoms with Crippen LogP contribution in [-0.2, 0) is 20.6 Å². The predicted octanol–water partition coefficient (Wildman–Crippen LogP) is 2.82. The summed E-state index contributed by atoms with van der Waals surface area (Å²) in [5.41, 5.74) is 6.44. The van der Waals surface area contributed by atoms with Crippen LogP contribution >= 0.6 is 7.37 Å². The largest absolute Gasteiger partial charge is 0.481 e. The van der Waals surface area contributed by atoms with Crippen molar-refractivity contribution in [3.63, 3.8) is 0 Å². The number of aliphatic carboxylic acids is 1. The number of benzene rings is 1. The van der Waals surface area contributed by atoms with Gasteiger partial charge in [0.05, 0.1) is 5.92 Å². The average molecular weight is 412 g/mol. The maximum absolute atomic E-state index is 13.0. The van der Waals surface area contributed by atoms with E-state index < -0.39 is 25.0 Å². The molecule has 8 heteroatoms. The summed E-state index contributed by atoms with van der Waals surface area (Å²) in [6.45, 7) is 3.94. The number of carbonyl (C=O) groups is 2. The van der Waals surface area contributed by atoms with Gasteiger partial charge in [0, 0.05) is 12.6 Å². The highest BCUT2D eigenvalue weighted by atomic mass is 31.2. The summed E-state index contributed by atoms with van der Waals surface area (Å²) < 4.78 is 13.0. The van der Waals surface area contributed by atoms with Gasteiger partial charge in [0.1, 0.15) is 5.78 Å². The third kappa shape index (κ3) is 8.55. The van der Waals surface area contributed by atoms with Crippen LogP contribution in [0.15, 0.2) is 30.3 Å². The lowest BCUT2D eigenvalue weighted by molar-refractivity contribution is -0.141. The van der Waals surface area contributed by atoms with Gasteiger partial charge in [0.25, 0.3) is 0 Å². The number of carbonyl (C=O) groups excluding carboxylic acids is 1. The number of aryl methyl sites for hydroxylation is 1. The molecule has 0 saturated carbocycles. The van der Waals surface area contributed by atoms with Crippen LogP contribution in [0.5, 0.6) is 0 Å². The topological polar surface area (TPSA) is 130 Å². The van der Waals surface area contributed by atoms with Crippen molar-refractivity contribution in [1.82, 2.24) is 5.32 Å². The van der Waals surface area contributed by atoms with Crippen molar-refractivity contribution in [1.29, 1.82) is 0 Å². The summed E-state index contributed by atoms with van der Waals surface area (Å²) in [6, 6.07) is 9.52. The molecule has 0 radical (unpaired) electrons. The molecule has 3 atom stereocenters. The van der Waals surface area contributed by atoms with Crippen LogP contribution in [0.25, 0.3) is 0 Å². The Balaban J connectivity index is 2.73. The van der Waals surface area contributed by atoms with E-state index in [4.69, 9.17) is 5.73 Å². The van der Waals surface area contributed by atoms with Gasteiger partial charge in [-0.1, -0.05) is 50.6 Å². The summed E-state index contributed by atoms with van der Waals surface area (Å²) in [4.78, 5) is 34.4. The van der Waals surface area contributed by atoms with E-state index in [-0.39, 0.29) is 24.4 Å². The number of amides is 1. The van der Waals surface area contributed by atoms with Gasteiger partial charge in [0.15, 0.2) is 0 Å². The molecule has 7 nitrogen and oxygen atoms in total. The van der Waals surface area contributed by atoms with Gasteiger partial charge in [-0.25, -0.2) is 0 Å². The molecule has 0 aliphatic heterocycles. The van der Waals surface area contributed by atoms with E-state index in [0.717, 1.165) is 5.56 Å². The zero-order valence-electron chi connectivity index (χ0n) is 16.7. The molecule has 0 bridgehead atoms. The lowest BCUT2D eigenvalue weighted by Crippen LogP contribution is -2.40. The number of hydrogen-bond donors (Lipinski definition) is 4. The molecular formula is C20H33N2O5P. The van der Waals surface area contributed by atoms with Crippen LogP contribution in [0.1, 0.15) is 45.1 Å². The minimum absolute atomic E-state index is 0.200. The van der Waals surface area contributed by atoms with Crippen molar-refractivity contribution < 1.29 is 24.2 Å². The Morgan fingerprint density at radius 2 is 1.82 bits per heavy atom. The molecular weight excluding hydrogens is 379 g/mol. The van der Waals surface area contributed by atoms with Crippen molar-refractivity contribution in [3.05, 3.63) is 35.9 Å². The zero-order valence-corrected chi connectivity index (χ0v) is 17.6. The van der Waals surface area contributed by atoms with E-state index in [1.807, 2.05) is 30.3 Å². The molecule has 1 aromatic rings. The molecule has 0 aromatic heterocycles. The van der Waals surface area contributed by atoms with Gasteiger partial charge in [0.2, 0.25) is 13.3 Å². The number of nitrogens with two attached hydrogens (primary N) is 1. The third-order valence-electron chi connectivity index (χ3n) is 4.70. The van der Waals surface area contributed by atoms with Crippen molar-refractivity contribution >= 4 is 19.2 Å². The van der Waals surface area contributed by atoms with E-state index in [2.05, 4.69) is 5.32 Å². The molecule has 1 rings (SSSR count). The van der Waals surface area contributed by atoms with E-state index in [1.165, 1.54) is 0 Å². The van der Waals surface area contributed by atoms with Gasteiger partial charge in [-0.2, -0.15) is 0 Å². The molecule has 0 spiro atoms. The Kier molecular flexibility index (Phi) is 10.4. The second kappa shape index (κ2) is 12.0. The number of nitrogens with one attached hydrogen (secondary N) is 1. The first-order chi connectivity index (χ1) is 13.2. The summed E-state index contributed by atoms with van der Waals surface area (Å²) in [6.07, 6.45) is 1.93. The first kappa shape index (κ1) is 24.3. The second-order valence-electron chi connectivity index (χ2n) is 7.50. The van der Waals surface area contributed by atoms with Crippen LogP contribution in [0.2, 0.25) is 0 Å². The number of carboxylic acids is 1. The molecule has 0 fully saturated rings. The number of hydrogen-bond acceptors (Lipinski definition) is 4. The van der Waals surface area contributed by atoms with Crippen LogP contribution in [0, 0.1) is 11.8 Å². The molecule has 158 valence electrons. The standard InChI is InChI=1S/C20H33N2O5P/c1-15(2)19(22-18(23)12-11-16-8-4-3-5-9-16)28(26,27)14-17(20(24)25)10-6-7-13-21/h3-5,8-9,15,17,19H,6-7,10-14,21H2,1-2H3,(H,22,23)(H,24,25)(H,26,27)/t17?,19-/m0/s1. The van der Waals surface area contributed by atoms with Crippen molar-refractivity contribution in [2.45, 2.75) is 51.7 Å². The predicted molar refractivity (Wildman–Crippen MR) is 110 cm³/mol. The number of unbranched alkanes of at least 4 members (excludes halogenated alkanes) is 1. The maximum atomic E-state index is 13.0. The molecule has 0 aliphatic rings. The zero-order chi connectivity index (χ0) is 21.2. The Bertz CT molecular complexity index is 666. The fourth-order valence-electron chi connectivity index (χ4n) is 3.13. The van der Waals surface area contributed by atoms with Crippen LogP contribution in [0.4, 0.5) is 0 Å². The SMILES string of the molecule is CC(C)[C@@H](NC(=O)CCc1ccccc1)P(=O)(O)CC(CCCCN)C(=O)O. The molecule has 0 aliphatic carbocycles. The van der Waals surface area contributed by atoms with Crippen molar-refractivity contribution in [2.24, 2.45) is 17.6 Å². The number of carboxylic acid groups (broad SMARTS) is 1. The molecule has 0 heterocycles. The highest BCUT2D eigenvalue weighted by molar-refractivity contribution is 7.58. The second-order valence-corrected chi connectivity index (χ2v) is 9.93. The maximum Gasteiger partial charge on any atom is 0.307 e. The summed E-state index contributed by atoms with van der Waals surface area (Å²) in [5.74, 6) is -3.59. The Morgan fingerprint density at radius 3 is 2.36 bits per heavy atom. The average Bonchev–Trinajstić information content (AvgIpc) is 2.64. The minimum atomic E-state index is -3.91. The monoisotopic (exact) mass is 412 g/mol. The first-order valence-electron chi connectivity index (χ1n) is 9.75. The van der Waals surface area contributed by atoms with Crippen LogP contribution in [-0.4, -0.2) is 40.4 Å². The lowest BCUT2D eigenvalue weighted by atomic mass is 10.0. The fraction of sp³-hybridized carbons (Fsp3) is 0.600. The summed E-state index contributed by atoms with van der Waals surface area (Å²) in [5, 5.41) is 12.1. The molecule has 1 amide bonds. The van der Waals surface area contributed by atoms with Crippen LogP contribution < -0.4 is 11.1 Å². The quantitative estimate of drug-likeness (QED) is 0.291. The van der Waals surface area contributed by atoms with Crippen molar-refractivity contribution in [2.75, 3.05) is 12.7 Å². The first-order valence-corrected chi connectivity index (χ1v) is 11.7. The number of rotatable bonds is 13. The van der Waals surface area contributed by atoms with Gasteiger partial charge in [-0.05, 0) is 37.3 Å². The van der Waals surface area contributed by atoms with E-state index in [9.17, 15) is 24.2 Å². The lowest BCUT2D eigenvalue weighted by Gasteiger charge is -2.29. The van der Waals surface area contributed by atoms with Gasteiger partial charge < -0.3 is 21.1 Å². The highest BCUT2D eigenvalue weighted by Crippen LogP contribution is 2.50. The smallest absolute Gasteiger partial charge is 0.307 e. The summed E-state index contributed by atoms with van der Waals surface area (Å²) >= 11 is 0. The molecule has 1 aromatic carbocycles. The fourth-order valence-corrected chi connectivity index (χ4v) is 5.61. The Morgan fingerprint density at radius 1 is 1.18 bits per heavy atom. The molecule has 0 saturated heterocycles.